The fourth-order valence-electron chi connectivity index (χ4n) is 1.50. The van der Waals surface area contributed by atoms with Crippen LogP contribution in [0.15, 0.2) is 11.4 Å². The lowest BCUT2D eigenvalue weighted by Crippen LogP contribution is -2.44. The predicted octanol–water partition coefficient (Wildman–Crippen LogP) is 1.02. The molecule has 0 aliphatic carbocycles. The first kappa shape index (κ1) is 16.2. The van der Waals surface area contributed by atoms with Crippen molar-refractivity contribution in [3.05, 3.63) is 21.9 Å². The van der Waals surface area contributed by atoms with E-state index >= 15 is 0 Å². The molecule has 1 rings (SSSR count). The molecule has 1 aromatic rings. The van der Waals surface area contributed by atoms with Crippen LogP contribution < -0.4 is 5.32 Å². The zero-order valence-electron chi connectivity index (χ0n) is 11.6. The van der Waals surface area contributed by atoms with Gasteiger partial charge in [0.2, 0.25) is 0 Å². The van der Waals surface area contributed by atoms with E-state index in [0.29, 0.717) is 10.4 Å². The number of ether oxygens (including phenoxy) is 1. The van der Waals surface area contributed by atoms with Gasteiger partial charge in [-0.15, -0.1) is 11.3 Å². The summed E-state index contributed by atoms with van der Waals surface area (Å²) in [6.45, 7) is 3.43. The van der Waals surface area contributed by atoms with Crippen LogP contribution in [-0.2, 0) is 9.53 Å². The van der Waals surface area contributed by atoms with Crippen molar-refractivity contribution < 1.29 is 19.4 Å². The molecule has 1 amide bonds. The molecule has 108 valence electrons. The summed E-state index contributed by atoms with van der Waals surface area (Å²) in [4.78, 5) is 24.3. The second-order valence-electron chi connectivity index (χ2n) is 4.38. The number of rotatable bonds is 4. The first-order valence-corrected chi connectivity index (χ1v) is 6.94. The van der Waals surface area contributed by atoms with Crippen LogP contribution in [0.1, 0.15) is 29.1 Å². The predicted molar refractivity (Wildman–Crippen MR) is 76.4 cm³/mol. The Bertz CT molecular complexity index is 539. The average molecular weight is 295 g/mol. The molecular formula is C14H17NO4S. The van der Waals surface area contributed by atoms with Gasteiger partial charge < -0.3 is 15.2 Å². The van der Waals surface area contributed by atoms with Gasteiger partial charge in [0.1, 0.15) is 12.6 Å². The van der Waals surface area contributed by atoms with E-state index in [1.165, 1.54) is 18.4 Å². The minimum atomic E-state index is -0.681. The Kier molecular flexibility index (Phi) is 6.22. The Balaban J connectivity index is 2.79. The number of hydrogen-bond donors (Lipinski definition) is 2. The van der Waals surface area contributed by atoms with Crippen LogP contribution in [-0.4, -0.2) is 36.7 Å². The number of carbonyl (C=O) groups excluding carboxylic acids is 2. The van der Waals surface area contributed by atoms with Crippen LogP contribution in [0.2, 0.25) is 0 Å². The molecule has 0 radical (unpaired) electrons. The summed E-state index contributed by atoms with van der Waals surface area (Å²) in [5, 5.41) is 12.9. The number of methoxy groups -OCH3 is 1. The number of esters is 1. The van der Waals surface area contributed by atoms with Gasteiger partial charge in [0.15, 0.2) is 0 Å². The molecule has 0 spiro atoms. The van der Waals surface area contributed by atoms with E-state index in [1.54, 1.807) is 11.4 Å². The SMILES string of the molecule is COC(=O)C(NC(=O)c1csc(C#CCO)c1)C(C)C. The first-order chi connectivity index (χ1) is 9.49. The second-order valence-corrected chi connectivity index (χ2v) is 5.29. The van der Waals surface area contributed by atoms with Gasteiger partial charge in [-0.05, 0) is 12.0 Å². The standard InChI is InChI=1S/C14H17NO4S/c1-9(2)12(14(18)19-3)15-13(17)10-7-11(20-8-10)5-4-6-16/h7-9,12,16H,6H2,1-3H3,(H,15,17). The van der Waals surface area contributed by atoms with Gasteiger partial charge >= 0.3 is 5.97 Å². The molecule has 0 aliphatic heterocycles. The van der Waals surface area contributed by atoms with Gasteiger partial charge in [-0.25, -0.2) is 4.79 Å². The Morgan fingerprint density at radius 2 is 2.20 bits per heavy atom. The Morgan fingerprint density at radius 3 is 2.75 bits per heavy atom. The maximum atomic E-state index is 12.1. The summed E-state index contributed by atoms with van der Waals surface area (Å²) in [7, 11) is 1.29. The molecule has 0 saturated heterocycles. The molecule has 0 saturated carbocycles. The van der Waals surface area contributed by atoms with Crippen LogP contribution in [0, 0.1) is 17.8 Å². The molecule has 1 heterocycles. The third kappa shape index (κ3) is 4.37. The monoisotopic (exact) mass is 295 g/mol. The Hall–Kier alpha value is -1.84. The van der Waals surface area contributed by atoms with Crippen molar-refractivity contribution in [3.8, 4) is 11.8 Å². The number of aliphatic hydroxyl groups is 1. The van der Waals surface area contributed by atoms with Crippen molar-refractivity contribution in [2.24, 2.45) is 5.92 Å². The molecule has 6 heteroatoms. The summed E-state index contributed by atoms with van der Waals surface area (Å²) in [5.41, 5.74) is 0.437. The molecule has 1 aromatic heterocycles. The van der Waals surface area contributed by atoms with E-state index in [2.05, 4.69) is 21.9 Å². The van der Waals surface area contributed by atoms with Crippen molar-refractivity contribution in [3.63, 3.8) is 0 Å². The fraction of sp³-hybridized carbons (Fsp3) is 0.429. The Morgan fingerprint density at radius 1 is 1.50 bits per heavy atom. The van der Waals surface area contributed by atoms with E-state index in [1.807, 2.05) is 13.8 Å². The van der Waals surface area contributed by atoms with Crippen molar-refractivity contribution in [1.29, 1.82) is 0 Å². The van der Waals surface area contributed by atoms with Gasteiger partial charge in [-0.3, -0.25) is 4.79 Å². The highest BCUT2D eigenvalue weighted by atomic mass is 32.1. The number of nitrogens with one attached hydrogen (secondary N) is 1. The third-order valence-corrected chi connectivity index (χ3v) is 3.41. The number of hydrogen-bond acceptors (Lipinski definition) is 5. The van der Waals surface area contributed by atoms with Crippen molar-refractivity contribution >= 4 is 23.2 Å². The van der Waals surface area contributed by atoms with E-state index < -0.39 is 12.0 Å². The molecule has 0 aliphatic rings. The highest BCUT2D eigenvalue weighted by Crippen LogP contribution is 2.14. The minimum absolute atomic E-state index is 0.0707. The normalized spacial score (nSPS) is 11.4. The van der Waals surface area contributed by atoms with Crippen LogP contribution in [0.5, 0.6) is 0 Å². The molecular weight excluding hydrogens is 278 g/mol. The van der Waals surface area contributed by atoms with Gasteiger partial charge in [0, 0.05) is 5.38 Å². The average Bonchev–Trinajstić information content (AvgIpc) is 2.89. The highest BCUT2D eigenvalue weighted by Gasteiger charge is 2.25. The first-order valence-electron chi connectivity index (χ1n) is 6.06. The molecule has 0 fully saturated rings. The Labute approximate surface area is 122 Å². The van der Waals surface area contributed by atoms with Crippen LogP contribution >= 0.6 is 11.3 Å². The van der Waals surface area contributed by atoms with E-state index in [0.717, 1.165) is 0 Å². The van der Waals surface area contributed by atoms with Gasteiger partial charge in [0.05, 0.1) is 17.6 Å². The topological polar surface area (TPSA) is 75.6 Å². The summed E-state index contributed by atoms with van der Waals surface area (Å²) in [5.74, 6) is 4.36. The number of carbonyl (C=O) groups is 2. The fourth-order valence-corrected chi connectivity index (χ4v) is 2.25. The molecule has 0 aromatic carbocycles. The summed E-state index contributed by atoms with van der Waals surface area (Å²) in [6, 6.07) is 0.941. The van der Waals surface area contributed by atoms with E-state index in [4.69, 9.17) is 5.11 Å². The molecule has 0 bridgehead atoms. The maximum absolute atomic E-state index is 12.1. The lowest BCUT2D eigenvalue weighted by atomic mass is 10.0. The molecule has 2 N–H and O–H groups in total. The van der Waals surface area contributed by atoms with E-state index in [9.17, 15) is 9.59 Å². The van der Waals surface area contributed by atoms with E-state index in [-0.39, 0.29) is 18.4 Å². The molecule has 1 atom stereocenters. The largest absolute Gasteiger partial charge is 0.467 e. The van der Waals surface area contributed by atoms with Crippen molar-refractivity contribution in [2.45, 2.75) is 19.9 Å². The molecule has 20 heavy (non-hydrogen) atoms. The van der Waals surface area contributed by atoms with Crippen molar-refractivity contribution in [2.75, 3.05) is 13.7 Å². The van der Waals surface area contributed by atoms with Crippen LogP contribution in [0.25, 0.3) is 0 Å². The summed E-state index contributed by atoms with van der Waals surface area (Å²) < 4.78 is 4.67. The third-order valence-electron chi connectivity index (χ3n) is 2.56. The lowest BCUT2D eigenvalue weighted by molar-refractivity contribution is -0.144. The molecule has 5 nitrogen and oxygen atoms in total. The maximum Gasteiger partial charge on any atom is 0.328 e. The van der Waals surface area contributed by atoms with Crippen molar-refractivity contribution in [1.82, 2.24) is 5.32 Å². The van der Waals surface area contributed by atoms with Gasteiger partial charge in [-0.1, -0.05) is 25.7 Å². The zero-order chi connectivity index (χ0) is 15.1. The summed E-state index contributed by atoms with van der Waals surface area (Å²) in [6.07, 6.45) is 0. The minimum Gasteiger partial charge on any atom is -0.467 e. The number of thiophene rings is 1. The smallest absolute Gasteiger partial charge is 0.328 e. The van der Waals surface area contributed by atoms with Crippen LogP contribution in [0.3, 0.4) is 0 Å². The summed E-state index contributed by atoms with van der Waals surface area (Å²) >= 11 is 1.31. The zero-order valence-corrected chi connectivity index (χ0v) is 12.4. The lowest BCUT2D eigenvalue weighted by Gasteiger charge is -2.19. The number of aliphatic hydroxyl groups excluding tert-OH is 1. The second kappa shape index (κ2) is 7.68. The number of amides is 1. The quantitative estimate of drug-likeness (QED) is 0.642. The highest BCUT2D eigenvalue weighted by molar-refractivity contribution is 7.10. The van der Waals surface area contributed by atoms with Gasteiger partial charge in [-0.2, -0.15) is 0 Å². The van der Waals surface area contributed by atoms with Crippen LogP contribution in [0.4, 0.5) is 0 Å². The van der Waals surface area contributed by atoms with Gasteiger partial charge in [0.25, 0.3) is 5.91 Å². The molecule has 1 unspecified atom stereocenters.